The summed E-state index contributed by atoms with van der Waals surface area (Å²) in [4.78, 5) is 11.7. The molecule has 1 aromatic rings. The Morgan fingerprint density at radius 2 is 2.00 bits per heavy atom. The molecule has 1 rings (SSSR count). The zero-order valence-corrected chi connectivity index (χ0v) is 11.6. The van der Waals surface area contributed by atoms with Gasteiger partial charge in [0.15, 0.2) is 0 Å². The minimum atomic E-state index is -3.82. The maximum Gasteiger partial charge on any atom is 0.264 e. The predicted molar refractivity (Wildman–Crippen MR) is 72.7 cm³/mol. The van der Waals surface area contributed by atoms with Crippen LogP contribution in [-0.2, 0) is 14.8 Å². The van der Waals surface area contributed by atoms with Gasteiger partial charge in [0, 0.05) is 0 Å². The van der Waals surface area contributed by atoms with Gasteiger partial charge < -0.3 is 5.73 Å². The zero-order chi connectivity index (χ0) is 13.6. The number of carbonyl (C=O) groups is 1. The highest BCUT2D eigenvalue weighted by molar-refractivity contribution is 7.98. The fourth-order valence-electron chi connectivity index (χ4n) is 1.24. The number of benzene rings is 1. The van der Waals surface area contributed by atoms with E-state index in [0.717, 1.165) is 0 Å². The number of rotatable bonds is 6. The first-order valence-corrected chi connectivity index (χ1v) is 8.21. The Bertz CT molecular complexity index is 488. The molecule has 3 N–H and O–H groups in total. The van der Waals surface area contributed by atoms with Gasteiger partial charge >= 0.3 is 0 Å². The van der Waals surface area contributed by atoms with E-state index in [-0.39, 0.29) is 4.90 Å². The lowest BCUT2D eigenvalue weighted by atomic mass is 10.2. The summed E-state index contributed by atoms with van der Waals surface area (Å²) in [6, 6.07) is 6.91. The van der Waals surface area contributed by atoms with Gasteiger partial charge in [-0.05, 0) is 30.6 Å². The molecule has 5 nitrogen and oxygen atoms in total. The summed E-state index contributed by atoms with van der Waals surface area (Å²) in [5.41, 5.74) is 5.60. The Morgan fingerprint density at radius 3 is 2.56 bits per heavy atom. The predicted octanol–water partition coefficient (Wildman–Crippen LogP) is 0.572. The molecule has 100 valence electrons. The molecule has 0 saturated carbocycles. The van der Waals surface area contributed by atoms with Crippen LogP contribution >= 0.6 is 11.8 Å². The van der Waals surface area contributed by atoms with Crippen molar-refractivity contribution in [2.75, 3.05) is 12.0 Å². The molecule has 0 bridgehead atoms. The van der Waals surface area contributed by atoms with Crippen molar-refractivity contribution in [2.45, 2.75) is 17.4 Å². The van der Waals surface area contributed by atoms with Gasteiger partial charge in [-0.2, -0.15) is 11.8 Å². The number of nitrogens with two attached hydrogens (primary N) is 1. The zero-order valence-electron chi connectivity index (χ0n) is 10.00. The Labute approximate surface area is 111 Å². The lowest BCUT2D eigenvalue weighted by Gasteiger charge is -2.11. The molecule has 0 spiro atoms. The third-order valence-corrected chi connectivity index (χ3v) is 4.26. The van der Waals surface area contributed by atoms with Crippen LogP contribution < -0.4 is 10.5 Å². The quantitative estimate of drug-likeness (QED) is 0.799. The van der Waals surface area contributed by atoms with Gasteiger partial charge in [0.05, 0.1) is 10.9 Å². The summed E-state index contributed by atoms with van der Waals surface area (Å²) in [5.74, 6) is 0.0351. The molecule has 0 fully saturated rings. The molecule has 0 aliphatic heterocycles. The van der Waals surface area contributed by atoms with Crippen LogP contribution in [0.25, 0.3) is 0 Å². The number of amides is 1. The SMILES string of the molecule is CSCC[C@@H](N)C(=O)NS(=O)(=O)c1ccccc1. The average molecular weight is 288 g/mol. The van der Waals surface area contributed by atoms with Crippen LogP contribution in [0.3, 0.4) is 0 Å². The molecule has 7 heteroatoms. The highest BCUT2D eigenvalue weighted by atomic mass is 32.2. The second kappa shape index (κ2) is 6.77. The number of thioether (sulfide) groups is 1. The van der Waals surface area contributed by atoms with Gasteiger partial charge in [0.25, 0.3) is 15.9 Å². The van der Waals surface area contributed by atoms with E-state index in [1.165, 1.54) is 12.1 Å². The standard InChI is InChI=1S/C11H16N2O3S2/c1-17-8-7-10(12)11(14)13-18(15,16)9-5-3-2-4-6-9/h2-6,10H,7-8,12H2,1H3,(H,13,14)/t10-/m1/s1. The molecule has 0 radical (unpaired) electrons. The Morgan fingerprint density at radius 1 is 1.39 bits per heavy atom. The van der Waals surface area contributed by atoms with Gasteiger partial charge in [-0.25, -0.2) is 13.1 Å². The molecule has 0 unspecified atom stereocenters. The summed E-state index contributed by atoms with van der Waals surface area (Å²) in [5, 5.41) is 0. The molecule has 18 heavy (non-hydrogen) atoms. The highest BCUT2D eigenvalue weighted by Gasteiger charge is 2.21. The number of hydrogen-bond acceptors (Lipinski definition) is 5. The molecule has 0 aromatic heterocycles. The summed E-state index contributed by atoms with van der Waals surface area (Å²) in [6.45, 7) is 0. The Hall–Kier alpha value is -1.05. The van der Waals surface area contributed by atoms with E-state index in [2.05, 4.69) is 0 Å². The van der Waals surface area contributed by atoms with Crippen molar-refractivity contribution in [1.29, 1.82) is 0 Å². The van der Waals surface area contributed by atoms with Gasteiger partial charge in [0.1, 0.15) is 0 Å². The highest BCUT2D eigenvalue weighted by Crippen LogP contribution is 2.07. The van der Waals surface area contributed by atoms with E-state index >= 15 is 0 Å². The van der Waals surface area contributed by atoms with Crippen molar-refractivity contribution in [1.82, 2.24) is 4.72 Å². The largest absolute Gasteiger partial charge is 0.320 e. The molecule has 0 heterocycles. The number of sulfonamides is 1. The fraction of sp³-hybridized carbons (Fsp3) is 0.364. The van der Waals surface area contributed by atoms with Gasteiger partial charge in [-0.3, -0.25) is 4.79 Å². The number of hydrogen-bond donors (Lipinski definition) is 2. The van der Waals surface area contributed by atoms with Crippen LogP contribution in [0.1, 0.15) is 6.42 Å². The van der Waals surface area contributed by atoms with E-state index in [4.69, 9.17) is 5.73 Å². The maximum absolute atomic E-state index is 11.8. The van der Waals surface area contributed by atoms with Crippen molar-refractivity contribution < 1.29 is 13.2 Å². The molecular formula is C11H16N2O3S2. The monoisotopic (exact) mass is 288 g/mol. The number of nitrogens with one attached hydrogen (secondary N) is 1. The molecular weight excluding hydrogens is 272 g/mol. The van der Waals surface area contributed by atoms with Gasteiger partial charge in [-0.1, -0.05) is 18.2 Å². The van der Waals surface area contributed by atoms with E-state index < -0.39 is 22.0 Å². The van der Waals surface area contributed by atoms with Crippen LogP contribution in [0, 0.1) is 0 Å². The molecule has 1 atom stereocenters. The molecule has 1 aromatic carbocycles. The van der Waals surface area contributed by atoms with E-state index in [0.29, 0.717) is 12.2 Å². The lowest BCUT2D eigenvalue weighted by Crippen LogP contribution is -2.43. The van der Waals surface area contributed by atoms with Crippen molar-refractivity contribution in [3.8, 4) is 0 Å². The third kappa shape index (κ3) is 4.32. The second-order valence-electron chi connectivity index (χ2n) is 3.67. The first-order chi connectivity index (χ1) is 8.47. The number of carbonyl (C=O) groups excluding carboxylic acids is 1. The lowest BCUT2D eigenvalue weighted by molar-refractivity contribution is -0.120. The summed E-state index contributed by atoms with van der Waals surface area (Å²) >= 11 is 1.55. The summed E-state index contributed by atoms with van der Waals surface area (Å²) in [6.07, 6.45) is 2.34. The van der Waals surface area contributed by atoms with E-state index in [9.17, 15) is 13.2 Å². The van der Waals surface area contributed by atoms with E-state index in [1.54, 1.807) is 30.0 Å². The van der Waals surface area contributed by atoms with Crippen molar-refractivity contribution in [3.05, 3.63) is 30.3 Å². The normalized spacial score (nSPS) is 13.0. The van der Waals surface area contributed by atoms with Crippen LogP contribution in [-0.4, -0.2) is 32.4 Å². The third-order valence-electron chi connectivity index (χ3n) is 2.26. The van der Waals surface area contributed by atoms with Crippen molar-refractivity contribution >= 4 is 27.7 Å². The first kappa shape index (κ1) is 15.0. The topological polar surface area (TPSA) is 89.3 Å². The van der Waals surface area contributed by atoms with Gasteiger partial charge in [0.2, 0.25) is 0 Å². The Balaban J connectivity index is 2.70. The minimum absolute atomic E-state index is 0.0513. The van der Waals surface area contributed by atoms with Crippen LogP contribution in [0.2, 0.25) is 0 Å². The molecule has 0 aliphatic carbocycles. The van der Waals surface area contributed by atoms with E-state index in [1.807, 2.05) is 11.0 Å². The van der Waals surface area contributed by atoms with Crippen molar-refractivity contribution in [3.63, 3.8) is 0 Å². The molecule has 1 amide bonds. The van der Waals surface area contributed by atoms with Crippen LogP contribution in [0.15, 0.2) is 35.2 Å². The summed E-state index contributed by atoms with van der Waals surface area (Å²) < 4.78 is 25.6. The second-order valence-corrected chi connectivity index (χ2v) is 6.34. The van der Waals surface area contributed by atoms with Crippen LogP contribution in [0.4, 0.5) is 0 Å². The maximum atomic E-state index is 11.8. The molecule has 0 saturated heterocycles. The van der Waals surface area contributed by atoms with Crippen LogP contribution in [0.5, 0.6) is 0 Å². The average Bonchev–Trinajstić information content (AvgIpc) is 2.36. The first-order valence-electron chi connectivity index (χ1n) is 5.33. The smallest absolute Gasteiger partial charge is 0.264 e. The molecule has 0 aliphatic rings. The van der Waals surface area contributed by atoms with Gasteiger partial charge in [-0.15, -0.1) is 0 Å². The summed E-state index contributed by atoms with van der Waals surface area (Å²) in [7, 11) is -3.82. The Kier molecular flexibility index (Phi) is 5.64. The minimum Gasteiger partial charge on any atom is -0.320 e. The van der Waals surface area contributed by atoms with Crippen molar-refractivity contribution in [2.24, 2.45) is 5.73 Å². The fourth-order valence-corrected chi connectivity index (χ4v) is 2.78.